The monoisotopic (exact) mass is 426 g/mol. The third-order valence-electron chi connectivity index (χ3n) is 4.08. The van der Waals surface area contributed by atoms with Crippen molar-refractivity contribution in [3.63, 3.8) is 0 Å². The number of alkyl halides is 1. The molecular weight excluding hydrogens is 404 g/mol. The van der Waals surface area contributed by atoms with Gasteiger partial charge in [0.2, 0.25) is 0 Å². The average molecular weight is 427 g/mol. The Bertz CT molecular complexity index is 874. The normalized spacial score (nSPS) is 10.7. The summed E-state index contributed by atoms with van der Waals surface area (Å²) >= 11 is 3.51. The van der Waals surface area contributed by atoms with Crippen molar-refractivity contribution < 1.29 is 14.2 Å². The van der Waals surface area contributed by atoms with Crippen LogP contribution >= 0.6 is 15.9 Å². The molecule has 0 aliphatic rings. The third-order valence-corrected chi connectivity index (χ3v) is 4.73. The van der Waals surface area contributed by atoms with Crippen LogP contribution in [0.4, 0.5) is 0 Å². The Labute approximate surface area is 168 Å². The highest BCUT2D eigenvalue weighted by molar-refractivity contribution is 9.08. The van der Waals surface area contributed by atoms with Crippen molar-refractivity contribution in [3.8, 4) is 11.5 Å². The fraction of sp³-hybridized carbons (Fsp3) is 0.217. The smallest absolute Gasteiger partial charge is 0.120 e. The number of fused-ring (bicyclic) bond motifs is 1. The van der Waals surface area contributed by atoms with Crippen LogP contribution in [-0.2, 0) is 16.7 Å². The molecule has 3 nitrogen and oxygen atoms in total. The molecule has 140 valence electrons. The number of benzene rings is 3. The summed E-state index contributed by atoms with van der Waals surface area (Å²) in [5, 5.41) is 3.33. The first kappa shape index (κ1) is 19.5. The first-order valence-electron chi connectivity index (χ1n) is 8.90. The van der Waals surface area contributed by atoms with E-state index in [2.05, 4.69) is 58.9 Å². The molecule has 3 aromatic rings. The summed E-state index contributed by atoms with van der Waals surface area (Å²) in [4.78, 5) is 0. The van der Waals surface area contributed by atoms with E-state index >= 15 is 0 Å². The minimum absolute atomic E-state index is 0.515. The molecule has 0 aliphatic heterocycles. The van der Waals surface area contributed by atoms with Crippen LogP contribution in [0.25, 0.3) is 10.8 Å². The van der Waals surface area contributed by atoms with Crippen LogP contribution in [0, 0.1) is 0 Å². The second kappa shape index (κ2) is 10.1. The lowest BCUT2D eigenvalue weighted by Crippen LogP contribution is -2.06. The van der Waals surface area contributed by atoms with Crippen molar-refractivity contribution >= 4 is 26.7 Å². The van der Waals surface area contributed by atoms with Gasteiger partial charge in [0.05, 0.1) is 13.2 Å². The minimum atomic E-state index is 0.515. The van der Waals surface area contributed by atoms with Gasteiger partial charge in [-0.1, -0.05) is 52.3 Å². The predicted octanol–water partition coefficient (Wildman–Crippen LogP) is 5.90. The third kappa shape index (κ3) is 5.84. The highest BCUT2D eigenvalue weighted by Crippen LogP contribution is 2.22. The molecule has 0 saturated carbocycles. The molecule has 0 fully saturated rings. The van der Waals surface area contributed by atoms with Gasteiger partial charge < -0.3 is 14.2 Å². The molecule has 0 heterocycles. The number of hydrogen-bond acceptors (Lipinski definition) is 3. The van der Waals surface area contributed by atoms with E-state index in [1.807, 2.05) is 24.3 Å². The summed E-state index contributed by atoms with van der Waals surface area (Å²) in [6.07, 6.45) is 1.72. The largest absolute Gasteiger partial charge is 0.491 e. The van der Waals surface area contributed by atoms with Gasteiger partial charge in [-0.25, -0.2) is 0 Å². The highest BCUT2D eigenvalue weighted by Gasteiger charge is 2.01. The van der Waals surface area contributed by atoms with E-state index < -0.39 is 0 Å². The lowest BCUT2D eigenvalue weighted by atomic mass is 10.1. The van der Waals surface area contributed by atoms with Crippen LogP contribution in [-0.4, -0.2) is 19.8 Å². The Morgan fingerprint density at radius 1 is 0.778 bits per heavy atom. The van der Waals surface area contributed by atoms with E-state index in [1.54, 1.807) is 6.08 Å². The molecule has 0 spiro atoms. The quantitative estimate of drug-likeness (QED) is 0.229. The maximum absolute atomic E-state index is 5.91. The fourth-order valence-electron chi connectivity index (χ4n) is 2.70. The van der Waals surface area contributed by atoms with Crippen LogP contribution in [0.5, 0.6) is 11.5 Å². The predicted molar refractivity (Wildman–Crippen MR) is 114 cm³/mol. The Morgan fingerprint density at radius 2 is 1.44 bits per heavy atom. The first-order valence-corrected chi connectivity index (χ1v) is 10.0. The van der Waals surface area contributed by atoms with Crippen molar-refractivity contribution in [2.24, 2.45) is 0 Å². The van der Waals surface area contributed by atoms with Gasteiger partial charge in [0.1, 0.15) is 24.7 Å². The SMILES string of the molecule is C=CCOCCOc1ccc(OCc2ccc3ccc(CBr)cc3c2)cc1. The maximum Gasteiger partial charge on any atom is 0.120 e. The fourth-order valence-corrected chi connectivity index (χ4v) is 3.05. The average Bonchev–Trinajstić information content (AvgIpc) is 2.72. The molecule has 3 aromatic carbocycles. The molecule has 0 saturated heterocycles. The molecule has 0 aromatic heterocycles. The molecule has 27 heavy (non-hydrogen) atoms. The molecule has 0 N–H and O–H groups in total. The molecule has 0 radical (unpaired) electrons. The van der Waals surface area contributed by atoms with Gasteiger partial charge in [-0.3, -0.25) is 0 Å². The second-order valence-electron chi connectivity index (χ2n) is 6.12. The van der Waals surface area contributed by atoms with Crippen LogP contribution in [0.1, 0.15) is 11.1 Å². The van der Waals surface area contributed by atoms with Gasteiger partial charge in [0, 0.05) is 5.33 Å². The van der Waals surface area contributed by atoms with E-state index in [0.29, 0.717) is 26.4 Å². The summed E-state index contributed by atoms with van der Waals surface area (Å²) in [6, 6.07) is 20.6. The maximum atomic E-state index is 5.91. The van der Waals surface area contributed by atoms with Gasteiger partial charge >= 0.3 is 0 Å². The lowest BCUT2D eigenvalue weighted by molar-refractivity contribution is 0.121. The molecular formula is C23H23BrO3. The van der Waals surface area contributed by atoms with Crippen LogP contribution < -0.4 is 9.47 Å². The van der Waals surface area contributed by atoms with Gasteiger partial charge in [-0.15, -0.1) is 6.58 Å². The van der Waals surface area contributed by atoms with Gasteiger partial charge in [0.25, 0.3) is 0 Å². The summed E-state index contributed by atoms with van der Waals surface area (Å²) in [6.45, 7) is 5.74. The minimum Gasteiger partial charge on any atom is -0.491 e. The Balaban J connectivity index is 1.53. The molecule has 4 heteroatoms. The number of ether oxygens (including phenoxy) is 3. The molecule has 0 bridgehead atoms. The summed E-state index contributed by atoms with van der Waals surface area (Å²) in [7, 11) is 0. The summed E-state index contributed by atoms with van der Waals surface area (Å²) in [5.41, 5.74) is 2.42. The summed E-state index contributed by atoms with van der Waals surface area (Å²) in [5.74, 6) is 1.62. The van der Waals surface area contributed by atoms with E-state index in [4.69, 9.17) is 14.2 Å². The molecule has 3 rings (SSSR count). The summed E-state index contributed by atoms with van der Waals surface area (Å²) < 4.78 is 16.8. The zero-order valence-corrected chi connectivity index (χ0v) is 16.8. The van der Waals surface area contributed by atoms with Crippen molar-refractivity contribution in [2.75, 3.05) is 19.8 Å². The molecule has 0 atom stereocenters. The van der Waals surface area contributed by atoms with Gasteiger partial charge in [-0.05, 0) is 52.2 Å². The number of rotatable bonds is 10. The molecule has 0 amide bonds. The van der Waals surface area contributed by atoms with E-state index in [9.17, 15) is 0 Å². The topological polar surface area (TPSA) is 27.7 Å². The first-order chi connectivity index (χ1) is 13.3. The van der Waals surface area contributed by atoms with Crippen molar-refractivity contribution in [1.29, 1.82) is 0 Å². The van der Waals surface area contributed by atoms with E-state index in [0.717, 1.165) is 22.4 Å². The van der Waals surface area contributed by atoms with Crippen molar-refractivity contribution in [1.82, 2.24) is 0 Å². The Morgan fingerprint density at radius 3 is 2.15 bits per heavy atom. The zero-order valence-electron chi connectivity index (χ0n) is 15.2. The zero-order chi connectivity index (χ0) is 18.9. The van der Waals surface area contributed by atoms with Crippen LogP contribution in [0.2, 0.25) is 0 Å². The van der Waals surface area contributed by atoms with Crippen molar-refractivity contribution in [3.05, 3.63) is 84.4 Å². The van der Waals surface area contributed by atoms with Crippen LogP contribution in [0.15, 0.2) is 73.3 Å². The van der Waals surface area contributed by atoms with Crippen molar-refractivity contribution in [2.45, 2.75) is 11.9 Å². The van der Waals surface area contributed by atoms with E-state index in [1.165, 1.54) is 16.3 Å². The van der Waals surface area contributed by atoms with Gasteiger partial charge in [0.15, 0.2) is 0 Å². The number of halogens is 1. The highest BCUT2D eigenvalue weighted by atomic mass is 79.9. The Hall–Kier alpha value is -2.30. The Kier molecular flexibility index (Phi) is 7.31. The molecule has 0 aliphatic carbocycles. The standard InChI is InChI=1S/C23H23BrO3/c1-2-11-25-12-13-26-22-7-9-23(10-8-22)27-17-19-4-6-20-5-3-18(16-24)14-21(20)15-19/h2-10,14-15H,1,11-13,16-17H2. The second-order valence-corrected chi connectivity index (χ2v) is 6.68. The lowest BCUT2D eigenvalue weighted by Gasteiger charge is -2.10. The van der Waals surface area contributed by atoms with Gasteiger partial charge in [-0.2, -0.15) is 0 Å². The van der Waals surface area contributed by atoms with E-state index in [-0.39, 0.29) is 0 Å². The molecule has 0 unspecified atom stereocenters. The number of hydrogen-bond donors (Lipinski definition) is 0. The van der Waals surface area contributed by atoms with Crippen LogP contribution in [0.3, 0.4) is 0 Å².